The van der Waals surface area contributed by atoms with Gasteiger partial charge in [-0.2, -0.15) is 4.98 Å². The minimum absolute atomic E-state index is 0.225. The van der Waals surface area contributed by atoms with E-state index in [9.17, 15) is 9.18 Å². The fourth-order valence-electron chi connectivity index (χ4n) is 3.52. The number of fused-ring (bicyclic) bond motifs is 1. The molecule has 0 saturated carbocycles. The first kappa shape index (κ1) is 28.0. The zero-order valence-corrected chi connectivity index (χ0v) is 22.1. The number of halogens is 1. The van der Waals surface area contributed by atoms with Gasteiger partial charge in [-0.15, -0.1) is 0 Å². The first-order chi connectivity index (χ1) is 16.5. The molecule has 0 aliphatic rings. The van der Waals surface area contributed by atoms with Crippen LogP contribution in [0, 0.1) is 12.7 Å². The topological polar surface area (TPSA) is 90.6 Å². The molecule has 0 amide bonds. The highest BCUT2D eigenvalue weighted by atomic mass is 19.1. The number of ether oxygens (including phenoxy) is 2. The zero-order chi connectivity index (χ0) is 26.2. The first-order valence-electron chi connectivity index (χ1n) is 12.0. The molecule has 3 aromatic rings. The highest BCUT2D eigenvalue weighted by molar-refractivity contribution is 5.66. The van der Waals surface area contributed by atoms with Gasteiger partial charge < -0.3 is 14.8 Å². The summed E-state index contributed by atoms with van der Waals surface area (Å²) in [6.07, 6.45) is 7.43. The molecule has 8 nitrogen and oxygen atoms in total. The molecule has 1 atom stereocenters. The quantitative estimate of drug-likeness (QED) is 0.391. The predicted molar refractivity (Wildman–Crippen MR) is 136 cm³/mol. The van der Waals surface area contributed by atoms with E-state index in [2.05, 4.69) is 29.1 Å². The highest BCUT2D eigenvalue weighted by Gasteiger charge is 2.18. The maximum Gasteiger partial charge on any atom is 0.303 e. The Morgan fingerprint density at radius 3 is 2.49 bits per heavy atom. The summed E-state index contributed by atoms with van der Waals surface area (Å²) in [6, 6.07) is 3.34. The van der Waals surface area contributed by atoms with E-state index in [1.54, 1.807) is 23.8 Å². The van der Waals surface area contributed by atoms with Gasteiger partial charge in [-0.1, -0.05) is 26.7 Å². The molecule has 1 N–H and O–H groups in total. The number of esters is 1. The van der Waals surface area contributed by atoms with Crippen molar-refractivity contribution in [1.82, 2.24) is 19.4 Å². The molecule has 192 valence electrons. The molecule has 0 bridgehead atoms. The Bertz CT molecular complexity index is 1120. The van der Waals surface area contributed by atoms with E-state index < -0.39 is 0 Å². The Kier molecular flexibility index (Phi) is 9.98. The van der Waals surface area contributed by atoms with Gasteiger partial charge in [0.15, 0.2) is 5.82 Å². The molecule has 0 saturated heterocycles. The SMILES string of the molecule is CC(=O)OC(C)(C)C.CCCCC(CC)Nc1nc(-c2cnc3ccc(F)cn23)nc(OC)c1C. The molecule has 9 heteroatoms. The molecule has 0 aliphatic heterocycles. The summed E-state index contributed by atoms with van der Waals surface area (Å²) < 4.78 is 25.6. The van der Waals surface area contributed by atoms with Gasteiger partial charge in [0.1, 0.15) is 28.6 Å². The van der Waals surface area contributed by atoms with Crippen LogP contribution in [-0.4, -0.2) is 44.1 Å². The van der Waals surface area contributed by atoms with Crippen molar-refractivity contribution in [2.75, 3.05) is 12.4 Å². The number of nitrogens with zero attached hydrogens (tertiary/aromatic N) is 4. The Morgan fingerprint density at radius 1 is 1.23 bits per heavy atom. The normalized spacial score (nSPS) is 12.0. The average Bonchev–Trinajstić information content (AvgIpc) is 3.19. The van der Waals surface area contributed by atoms with E-state index in [-0.39, 0.29) is 17.4 Å². The Balaban J connectivity index is 0.000000466. The minimum atomic E-state index is -0.343. The lowest BCUT2D eigenvalue weighted by Crippen LogP contribution is -2.21. The third-order valence-corrected chi connectivity index (χ3v) is 5.18. The maximum atomic E-state index is 13.7. The number of unbranched alkanes of at least 4 members (excludes halogenated alkanes) is 1. The van der Waals surface area contributed by atoms with Crippen molar-refractivity contribution in [2.45, 2.75) is 85.8 Å². The molecule has 3 heterocycles. The van der Waals surface area contributed by atoms with Gasteiger partial charge >= 0.3 is 5.97 Å². The average molecular weight is 488 g/mol. The largest absolute Gasteiger partial charge is 0.481 e. The number of carbonyl (C=O) groups is 1. The number of rotatable bonds is 8. The summed E-state index contributed by atoms with van der Waals surface area (Å²) in [5, 5.41) is 3.53. The molecular weight excluding hydrogens is 449 g/mol. The van der Waals surface area contributed by atoms with E-state index in [1.807, 2.05) is 27.7 Å². The molecule has 0 aliphatic carbocycles. The highest BCUT2D eigenvalue weighted by Crippen LogP contribution is 2.28. The summed E-state index contributed by atoms with van der Waals surface area (Å²) in [4.78, 5) is 23.8. The first-order valence-corrected chi connectivity index (χ1v) is 12.0. The second-order valence-corrected chi connectivity index (χ2v) is 9.35. The minimum Gasteiger partial charge on any atom is -0.481 e. The fraction of sp³-hybridized carbons (Fsp3) is 0.538. The van der Waals surface area contributed by atoms with Crippen molar-refractivity contribution in [1.29, 1.82) is 0 Å². The van der Waals surface area contributed by atoms with Crippen LogP contribution in [0.3, 0.4) is 0 Å². The fourth-order valence-corrected chi connectivity index (χ4v) is 3.52. The number of anilines is 1. The maximum absolute atomic E-state index is 13.7. The zero-order valence-electron chi connectivity index (χ0n) is 22.1. The van der Waals surface area contributed by atoms with E-state index in [0.717, 1.165) is 37.1 Å². The monoisotopic (exact) mass is 487 g/mol. The lowest BCUT2D eigenvalue weighted by molar-refractivity contribution is -0.151. The van der Waals surface area contributed by atoms with Crippen LogP contribution in [0.4, 0.5) is 10.2 Å². The van der Waals surface area contributed by atoms with Crippen LogP contribution in [-0.2, 0) is 9.53 Å². The van der Waals surface area contributed by atoms with Crippen molar-refractivity contribution in [2.24, 2.45) is 0 Å². The Hall–Kier alpha value is -3.23. The standard InChI is InChI=1S/C20H26FN5O.C6H12O2/c1-5-7-8-15(6-2)23-18-13(3)20(27-4)25-19(24-18)16-11-22-17-10-9-14(21)12-26(16)17;1-5(7)8-6(2,3)4/h9-12,15H,5-8H2,1-4H3,(H,23,24,25);1-4H3. The second kappa shape index (κ2) is 12.5. The van der Waals surface area contributed by atoms with E-state index >= 15 is 0 Å². The van der Waals surface area contributed by atoms with Crippen LogP contribution in [0.2, 0.25) is 0 Å². The summed E-state index contributed by atoms with van der Waals surface area (Å²) in [7, 11) is 1.59. The van der Waals surface area contributed by atoms with Crippen LogP contribution in [0.1, 0.15) is 72.8 Å². The van der Waals surface area contributed by atoms with Gasteiger partial charge in [-0.25, -0.2) is 14.4 Å². The van der Waals surface area contributed by atoms with Crippen molar-refractivity contribution >= 4 is 17.4 Å². The summed E-state index contributed by atoms with van der Waals surface area (Å²) in [6.45, 7) is 13.2. The number of aromatic nitrogens is 4. The van der Waals surface area contributed by atoms with Crippen molar-refractivity contribution < 1.29 is 18.7 Å². The van der Waals surface area contributed by atoms with E-state index in [4.69, 9.17) is 14.5 Å². The van der Waals surface area contributed by atoms with Gasteiger partial charge in [-0.05, 0) is 52.7 Å². The lowest BCUT2D eigenvalue weighted by Gasteiger charge is -2.20. The predicted octanol–water partition coefficient (Wildman–Crippen LogP) is 5.98. The van der Waals surface area contributed by atoms with E-state index in [1.165, 1.54) is 19.2 Å². The molecule has 0 radical (unpaired) electrons. The molecule has 3 aromatic heterocycles. The van der Waals surface area contributed by atoms with Crippen LogP contribution < -0.4 is 10.1 Å². The third-order valence-electron chi connectivity index (χ3n) is 5.18. The van der Waals surface area contributed by atoms with Crippen LogP contribution in [0.5, 0.6) is 5.88 Å². The number of methoxy groups -OCH3 is 1. The number of nitrogens with one attached hydrogen (secondary N) is 1. The second-order valence-electron chi connectivity index (χ2n) is 9.35. The van der Waals surface area contributed by atoms with Crippen LogP contribution >= 0.6 is 0 Å². The molecule has 0 fully saturated rings. The molecular formula is C26H38FN5O3. The molecule has 1 unspecified atom stereocenters. The molecule has 35 heavy (non-hydrogen) atoms. The third kappa shape index (κ3) is 8.19. The van der Waals surface area contributed by atoms with Gasteiger partial charge in [0.2, 0.25) is 5.88 Å². The summed E-state index contributed by atoms with van der Waals surface area (Å²) in [5.41, 5.74) is 1.79. The van der Waals surface area contributed by atoms with Gasteiger partial charge in [-0.3, -0.25) is 9.20 Å². The van der Waals surface area contributed by atoms with Crippen molar-refractivity contribution in [3.63, 3.8) is 0 Å². The van der Waals surface area contributed by atoms with Crippen molar-refractivity contribution in [3.05, 3.63) is 35.9 Å². The number of imidazole rings is 1. The van der Waals surface area contributed by atoms with E-state index in [0.29, 0.717) is 29.1 Å². The Labute approximate surface area is 207 Å². The summed E-state index contributed by atoms with van der Waals surface area (Å²) in [5.74, 6) is 1.12. The van der Waals surface area contributed by atoms with Gasteiger partial charge in [0.05, 0.1) is 18.9 Å². The molecule has 0 aromatic carbocycles. The van der Waals surface area contributed by atoms with Crippen molar-refractivity contribution in [3.8, 4) is 17.4 Å². The number of hydrogen-bond acceptors (Lipinski definition) is 7. The number of carbonyl (C=O) groups excluding carboxylic acids is 1. The number of pyridine rings is 1. The lowest BCUT2D eigenvalue weighted by atomic mass is 10.1. The van der Waals surface area contributed by atoms with Gasteiger partial charge in [0.25, 0.3) is 0 Å². The number of hydrogen-bond donors (Lipinski definition) is 1. The molecule has 0 spiro atoms. The van der Waals surface area contributed by atoms with Gasteiger partial charge in [0, 0.05) is 19.2 Å². The van der Waals surface area contributed by atoms with Crippen LogP contribution in [0.25, 0.3) is 17.2 Å². The molecule has 3 rings (SSSR count). The Morgan fingerprint density at radius 2 is 1.94 bits per heavy atom. The summed E-state index contributed by atoms with van der Waals surface area (Å²) >= 11 is 0. The smallest absolute Gasteiger partial charge is 0.303 e. The van der Waals surface area contributed by atoms with Crippen LogP contribution in [0.15, 0.2) is 24.5 Å².